The SMILES string of the molecule is COC(C(=O)Nc1cc(Cl)cc(Cl)c1O)c1ccccc1. The summed E-state index contributed by atoms with van der Waals surface area (Å²) < 4.78 is 5.21. The standard InChI is InChI=1S/C15H13Cl2NO3/c1-21-14(9-5-3-2-4-6-9)15(20)18-12-8-10(16)7-11(17)13(12)19/h2-8,14,19H,1H3,(H,18,20). The maximum Gasteiger partial charge on any atom is 0.258 e. The van der Waals surface area contributed by atoms with E-state index in [4.69, 9.17) is 27.9 Å². The van der Waals surface area contributed by atoms with Crippen molar-refractivity contribution < 1.29 is 14.6 Å². The monoisotopic (exact) mass is 325 g/mol. The molecule has 0 aliphatic heterocycles. The molecule has 0 radical (unpaired) electrons. The molecule has 1 atom stereocenters. The van der Waals surface area contributed by atoms with Gasteiger partial charge in [0.1, 0.15) is 0 Å². The molecule has 0 saturated heterocycles. The first-order valence-electron chi connectivity index (χ1n) is 6.09. The molecule has 1 amide bonds. The third kappa shape index (κ3) is 3.67. The fourth-order valence-corrected chi connectivity index (χ4v) is 2.38. The molecule has 2 rings (SSSR count). The van der Waals surface area contributed by atoms with Gasteiger partial charge in [0.05, 0.1) is 10.7 Å². The summed E-state index contributed by atoms with van der Waals surface area (Å²) in [6.45, 7) is 0. The van der Waals surface area contributed by atoms with Crippen molar-refractivity contribution in [2.45, 2.75) is 6.10 Å². The molecule has 0 spiro atoms. The molecule has 110 valence electrons. The minimum absolute atomic E-state index is 0.0616. The van der Waals surface area contributed by atoms with E-state index in [2.05, 4.69) is 5.32 Å². The lowest BCUT2D eigenvalue weighted by Crippen LogP contribution is -2.22. The Labute approximate surface area is 132 Å². The summed E-state index contributed by atoms with van der Waals surface area (Å²) >= 11 is 11.7. The molecule has 0 aliphatic rings. The fraction of sp³-hybridized carbons (Fsp3) is 0.133. The highest BCUT2D eigenvalue weighted by molar-refractivity contribution is 6.36. The van der Waals surface area contributed by atoms with Crippen LogP contribution in [0.3, 0.4) is 0 Å². The van der Waals surface area contributed by atoms with Crippen LogP contribution in [0.5, 0.6) is 5.75 Å². The topological polar surface area (TPSA) is 58.6 Å². The van der Waals surface area contributed by atoms with Crippen LogP contribution in [-0.4, -0.2) is 18.1 Å². The van der Waals surface area contributed by atoms with Crippen LogP contribution in [-0.2, 0) is 9.53 Å². The zero-order valence-corrected chi connectivity index (χ0v) is 12.7. The van der Waals surface area contributed by atoms with Crippen molar-refractivity contribution in [3.05, 3.63) is 58.1 Å². The molecule has 2 N–H and O–H groups in total. The predicted molar refractivity (Wildman–Crippen MR) is 82.9 cm³/mol. The van der Waals surface area contributed by atoms with Crippen LogP contribution in [0.25, 0.3) is 0 Å². The first kappa shape index (κ1) is 15.6. The molecule has 0 saturated carbocycles. The number of ether oxygens (including phenoxy) is 1. The van der Waals surface area contributed by atoms with Gasteiger partial charge in [0.2, 0.25) is 0 Å². The van der Waals surface area contributed by atoms with Crippen LogP contribution in [0.2, 0.25) is 10.0 Å². The molecule has 0 bridgehead atoms. The quantitative estimate of drug-likeness (QED) is 0.834. The van der Waals surface area contributed by atoms with E-state index in [1.165, 1.54) is 19.2 Å². The Hall–Kier alpha value is -1.75. The molecular formula is C15H13Cl2NO3. The molecule has 0 aromatic heterocycles. The Morgan fingerprint density at radius 3 is 2.52 bits per heavy atom. The highest BCUT2D eigenvalue weighted by atomic mass is 35.5. The first-order chi connectivity index (χ1) is 10.0. The number of benzene rings is 2. The van der Waals surface area contributed by atoms with Gasteiger partial charge in [0.15, 0.2) is 11.9 Å². The third-order valence-electron chi connectivity index (χ3n) is 2.86. The molecular weight excluding hydrogens is 313 g/mol. The molecule has 6 heteroatoms. The molecule has 2 aromatic carbocycles. The van der Waals surface area contributed by atoms with Crippen molar-refractivity contribution >= 4 is 34.8 Å². The van der Waals surface area contributed by atoms with Gasteiger partial charge in [-0.3, -0.25) is 4.79 Å². The number of hydrogen-bond donors (Lipinski definition) is 2. The number of carbonyl (C=O) groups excluding carboxylic acids is 1. The lowest BCUT2D eigenvalue weighted by atomic mass is 10.1. The second kappa shape index (κ2) is 6.80. The molecule has 4 nitrogen and oxygen atoms in total. The van der Waals surface area contributed by atoms with Gasteiger partial charge in [-0.25, -0.2) is 0 Å². The number of phenols is 1. The first-order valence-corrected chi connectivity index (χ1v) is 6.85. The minimum atomic E-state index is -0.802. The van der Waals surface area contributed by atoms with Crippen molar-refractivity contribution in [1.82, 2.24) is 0 Å². The number of rotatable bonds is 4. The van der Waals surface area contributed by atoms with E-state index in [0.717, 1.165) is 0 Å². The van der Waals surface area contributed by atoms with Gasteiger partial charge in [-0.2, -0.15) is 0 Å². The molecule has 1 unspecified atom stereocenters. The highest BCUT2D eigenvalue weighted by Gasteiger charge is 2.21. The fourth-order valence-electron chi connectivity index (χ4n) is 1.88. The highest BCUT2D eigenvalue weighted by Crippen LogP contribution is 2.35. The Morgan fingerprint density at radius 1 is 1.24 bits per heavy atom. The number of amides is 1. The van der Waals surface area contributed by atoms with E-state index in [1.807, 2.05) is 18.2 Å². The molecule has 0 heterocycles. The third-order valence-corrected chi connectivity index (χ3v) is 3.37. The second-order valence-electron chi connectivity index (χ2n) is 4.30. The van der Waals surface area contributed by atoms with Gasteiger partial charge in [0.25, 0.3) is 5.91 Å². The van der Waals surface area contributed by atoms with Crippen molar-refractivity contribution in [3.63, 3.8) is 0 Å². The minimum Gasteiger partial charge on any atom is -0.504 e. The molecule has 21 heavy (non-hydrogen) atoms. The van der Waals surface area contributed by atoms with Gasteiger partial charge >= 0.3 is 0 Å². The zero-order chi connectivity index (χ0) is 15.4. The maximum absolute atomic E-state index is 12.3. The van der Waals surface area contributed by atoms with Crippen LogP contribution < -0.4 is 5.32 Å². The maximum atomic E-state index is 12.3. The average Bonchev–Trinajstić information content (AvgIpc) is 2.46. The number of methoxy groups -OCH3 is 1. The van der Waals surface area contributed by atoms with Crippen molar-refractivity contribution in [2.75, 3.05) is 12.4 Å². The number of carbonyl (C=O) groups is 1. The van der Waals surface area contributed by atoms with Crippen molar-refractivity contribution in [1.29, 1.82) is 0 Å². The normalized spacial score (nSPS) is 12.0. The summed E-state index contributed by atoms with van der Waals surface area (Å²) in [6, 6.07) is 11.8. The zero-order valence-electron chi connectivity index (χ0n) is 11.1. The van der Waals surface area contributed by atoms with Gasteiger partial charge in [-0.1, -0.05) is 53.5 Å². The number of aromatic hydroxyl groups is 1. The van der Waals surface area contributed by atoms with Gasteiger partial charge < -0.3 is 15.2 Å². The summed E-state index contributed by atoms with van der Waals surface area (Å²) in [5.41, 5.74) is 0.834. The average molecular weight is 326 g/mol. The van der Waals surface area contributed by atoms with E-state index < -0.39 is 12.0 Å². The second-order valence-corrected chi connectivity index (χ2v) is 5.14. The lowest BCUT2D eigenvalue weighted by molar-refractivity contribution is -0.126. The van der Waals surface area contributed by atoms with Crippen LogP contribution in [0, 0.1) is 0 Å². The summed E-state index contributed by atoms with van der Waals surface area (Å²) in [4.78, 5) is 12.3. The van der Waals surface area contributed by atoms with Crippen LogP contribution >= 0.6 is 23.2 Å². The Kier molecular flexibility index (Phi) is 5.07. The van der Waals surface area contributed by atoms with E-state index >= 15 is 0 Å². The van der Waals surface area contributed by atoms with E-state index in [1.54, 1.807) is 12.1 Å². The Morgan fingerprint density at radius 2 is 1.90 bits per heavy atom. The number of hydrogen-bond acceptors (Lipinski definition) is 3. The van der Waals surface area contributed by atoms with Gasteiger partial charge in [-0.15, -0.1) is 0 Å². The van der Waals surface area contributed by atoms with E-state index in [0.29, 0.717) is 10.6 Å². The molecule has 0 fully saturated rings. The van der Waals surface area contributed by atoms with Crippen LogP contribution in [0.1, 0.15) is 11.7 Å². The van der Waals surface area contributed by atoms with Crippen molar-refractivity contribution in [3.8, 4) is 5.75 Å². The van der Waals surface area contributed by atoms with Crippen LogP contribution in [0.4, 0.5) is 5.69 Å². The van der Waals surface area contributed by atoms with Crippen molar-refractivity contribution in [2.24, 2.45) is 0 Å². The predicted octanol–water partition coefficient (Wildman–Crippen LogP) is 4.03. The number of halogens is 2. The Balaban J connectivity index is 2.25. The lowest BCUT2D eigenvalue weighted by Gasteiger charge is -2.16. The summed E-state index contributed by atoms with van der Waals surface area (Å²) in [5.74, 6) is -0.672. The molecule has 2 aromatic rings. The van der Waals surface area contributed by atoms with E-state index in [-0.39, 0.29) is 16.5 Å². The molecule has 0 aliphatic carbocycles. The largest absolute Gasteiger partial charge is 0.504 e. The van der Waals surface area contributed by atoms with Gasteiger partial charge in [0, 0.05) is 12.1 Å². The summed E-state index contributed by atoms with van der Waals surface area (Å²) in [6.07, 6.45) is -0.802. The summed E-state index contributed by atoms with van der Waals surface area (Å²) in [7, 11) is 1.43. The smallest absolute Gasteiger partial charge is 0.258 e. The Bertz CT molecular complexity index is 647. The van der Waals surface area contributed by atoms with E-state index in [9.17, 15) is 9.90 Å². The number of phenolic OH excluding ortho intramolecular Hbond substituents is 1. The number of nitrogens with one attached hydrogen (secondary N) is 1. The number of anilines is 1. The van der Waals surface area contributed by atoms with Crippen LogP contribution in [0.15, 0.2) is 42.5 Å². The van der Waals surface area contributed by atoms with Gasteiger partial charge in [-0.05, 0) is 17.7 Å². The summed E-state index contributed by atoms with van der Waals surface area (Å²) in [5, 5.41) is 12.8.